The van der Waals surface area contributed by atoms with Crippen molar-refractivity contribution >= 4 is 17.5 Å². The van der Waals surface area contributed by atoms with Gasteiger partial charge in [-0.15, -0.1) is 0 Å². The van der Waals surface area contributed by atoms with E-state index in [-0.39, 0.29) is 11.5 Å². The third-order valence-corrected chi connectivity index (χ3v) is 3.72. The number of rotatable bonds is 4. The molecule has 0 fully saturated rings. The minimum atomic E-state index is -0.593. The van der Waals surface area contributed by atoms with Gasteiger partial charge in [-0.2, -0.15) is 4.98 Å². The molecule has 0 aliphatic heterocycles. The Labute approximate surface area is 142 Å². The van der Waals surface area contributed by atoms with Crippen molar-refractivity contribution in [2.24, 2.45) is 0 Å². The van der Waals surface area contributed by atoms with Crippen LogP contribution in [0.15, 0.2) is 53.1 Å². The highest BCUT2D eigenvalue weighted by molar-refractivity contribution is 6.33. The highest BCUT2D eigenvalue weighted by Crippen LogP contribution is 2.26. The van der Waals surface area contributed by atoms with Gasteiger partial charge in [0.2, 0.25) is 11.7 Å². The van der Waals surface area contributed by atoms with Crippen LogP contribution in [0.25, 0.3) is 11.4 Å². The van der Waals surface area contributed by atoms with Crippen molar-refractivity contribution in [3.8, 4) is 11.4 Å². The van der Waals surface area contributed by atoms with Crippen LogP contribution in [-0.4, -0.2) is 16.0 Å². The zero-order valence-corrected chi connectivity index (χ0v) is 13.4. The van der Waals surface area contributed by atoms with Crippen molar-refractivity contribution in [2.75, 3.05) is 0 Å². The summed E-state index contributed by atoms with van der Waals surface area (Å²) < 4.78 is 18.8. The highest BCUT2D eigenvalue weighted by Gasteiger charge is 2.20. The van der Waals surface area contributed by atoms with Crippen molar-refractivity contribution in [3.05, 3.63) is 70.8 Å². The molecule has 1 aromatic heterocycles. The van der Waals surface area contributed by atoms with Crippen LogP contribution in [0.2, 0.25) is 5.02 Å². The van der Waals surface area contributed by atoms with Gasteiger partial charge in [0.1, 0.15) is 11.9 Å². The zero-order chi connectivity index (χ0) is 17.1. The van der Waals surface area contributed by atoms with Crippen molar-refractivity contribution in [1.29, 1.82) is 0 Å². The van der Waals surface area contributed by atoms with E-state index in [4.69, 9.17) is 16.1 Å². The van der Waals surface area contributed by atoms with Crippen LogP contribution in [0.4, 0.5) is 4.39 Å². The lowest BCUT2D eigenvalue weighted by Gasteiger charge is -2.10. The molecular formula is C17H13ClFN3O2. The van der Waals surface area contributed by atoms with Crippen LogP contribution in [0.1, 0.15) is 29.2 Å². The third kappa shape index (κ3) is 3.28. The molecule has 3 aromatic rings. The van der Waals surface area contributed by atoms with Crippen molar-refractivity contribution in [2.45, 2.75) is 13.0 Å². The SMILES string of the molecule is CC(NC(=O)c1ccccc1F)c1nc(-c2ccccc2Cl)no1. The molecule has 0 bridgehead atoms. The Morgan fingerprint density at radius 3 is 2.67 bits per heavy atom. The summed E-state index contributed by atoms with van der Waals surface area (Å²) in [6.07, 6.45) is 0. The lowest BCUT2D eigenvalue weighted by molar-refractivity contribution is 0.0928. The Balaban J connectivity index is 1.77. The Morgan fingerprint density at radius 2 is 1.92 bits per heavy atom. The molecule has 1 heterocycles. The van der Waals surface area contributed by atoms with Gasteiger partial charge < -0.3 is 9.84 Å². The summed E-state index contributed by atoms with van der Waals surface area (Å²) in [5.74, 6) is -0.625. The fourth-order valence-electron chi connectivity index (χ4n) is 2.14. The number of carbonyl (C=O) groups excluding carboxylic acids is 1. The minimum Gasteiger partial charge on any atom is -0.340 e. The highest BCUT2D eigenvalue weighted by atomic mass is 35.5. The van der Waals surface area contributed by atoms with Crippen LogP contribution < -0.4 is 5.32 Å². The van der Waals surface area contributed by atoms with E-state index in [9.17, 15) is 9.18 Å². The van der Waals surface area contributed by atoms with Gasteiger partial charge in [-0.3, -0.25) is 4.79 Å². The van der Waals surface area contributed by atoms with Crippen LogP contribution in [0, 0.1) is 5.82 Å². The average Bonchev–Trinajstić information content (AvgIpc) is 3.05. The average molecular weight is 346 g/mol. The van der Waals surface area contributed by atoms with E-state index in [1.165, 1.54) is 18.2 Å². The lowest BCUT2D eigenvalue weighted by atomic mass is 10.2. The van der Waals surface area contributed by atoms with Crippen molar-refractivity contribution in [1.82, 2.24) is 15.5 Å². The first-order valence-electron chi connectivity index (χ1n) is 7.20. The van der Waals surface area contributed by atoms with E-state index in [0.717, 1.165) is 0 Å². The van der Waals surface area contributed by atoms with Crippen molar-refractivity contribution in [3.63, 3.8) is 0 Å². The van der Waals surface area contributed by atoms with Crippen LogP contribution in [0.5, 0.6) is 0 Å². The second kappa shape index (κ2) is 6.80. The molecule has 2 aromatic carbocycles. The van der Waals surface area contributed by atoms with E-state index < -0.39 is 17.8 Å². The Hall–Kier alpha value is -2.73. The monoisotopic (exact) mass is 345 g/mol. The van der Waals surface area contributed by atoms with Crippen LogP contribution in [0.3, 0.4) is 0 Å². The second-order valence-electron chi connectivity index (χ2n) is 5.11. The maximum Gasteiger partial charge on any atom is 0.254 e. The first kappa shape index (κ1) is 16.1. The molecule has 3 rings (SSSR count). The van der Waals surface area contributed by atoms with Crippen LogP contribution >= 0.6 is 11.6 Å². The summed E-state index contributed by atoms with van der Waals surface area (Å²) in [7, 11) is 0. The molecule has 0 aliphatic rings. The third-order valence-electron chi connectivity index (χ3n) is 3.39. The number of nitrogens with one attached hydrogen (secondary N) is 1. The normalized spacial score (nSPS) is 12.0. The maximum atomic E-state index is 13.6. The first-order valence-corrected chi connectivity index (χ1v) is 7.58. The number of nitrogens with zero attached hydrogens (tertiary/aromatic N) is 2. The standard InChI is InChI=1S/C17H13ClFN3O2/c1-10(20-16(23)12-7-3-5-9-14(12)19)17-21-15(22-24-17)11-6-2-4-8-13(11)18/h2-10H,1H3,(H,20,23). The molecule has 0 saturated heterocycles. The first-order chi connectivity index (χ1) is 11.6. The fourth-order valence-corrected chi connectivity index (χ4v) is 2.36. The van der Waals surface area contributed by atoms with E-state index in [2.05, 4.69) is 15.5 Å². The van der Waals surface area contributed by atoms with Crippen LogP contribution in [-0.2, 0) is 0 Å². The molecule has 0 radical (unpaired) electrons. The van der Waals surface area contributed by atoms with Gasteiger partial charge in [0.15, 0.2) is 0 Å². The molecule has 1 atom stereocenters. The van der Waals surface area contributed by atoms with Gasteiger partial charge >= 0.3 is 0 Å². The Morgan fingerprint density at radius 1 is 1.21 bits per heavy atom. The van der Waals surface area contributed by atoms with E-state index in [0.29, 0.717) is 16.4 Å². The molecular weight excluding hydrogens is 333 g/mol. The summed E-state index contributed by atoms with van der Waals surface area (Å²) >= 11 is 6.10. The number of benzene rings is 2. The quantitative estimate of drug-likeness (QED) is 0.775. The number of carbonyl (C=O) groups is 1. The summed E-state index contributed by atoms with van der Waals surface area (Å²) in [5.41, 5.74) is 0.581. The Kier molecular flexibility index (Phi) is 4.57. The number of amides is 1. The van der Waals surface area contributed by atoms with E-state index in [1.54, 1.807) is 37.3 Å². The number of aromatic nitrogens is 2. The predicted octanol–water partition coefficient (Wildman–Crippen LogP) is 4.02. The van der Waals surface area contributed by atoms with Gasteiger partial charge in [0.05, 0.1) is 10.6 Å². The molecule has 0 aliphatic carbocycles. The fraction of sp³-hybridized carbons (Fsp3) is 0.118. The zero-order valence-electron chi connectivity index (χ0n) is 12.7. The molecule has 1 amide bonds. The summed E-state index contributed by atoms with van der Waals surface area (Å²) in [4.78, 5) is 16.4. The molecule has 1 N–H and O–H groups in total. The van der Waals surface area contributed by atoms with Crippen molar-refractivity contribution < 1.29 is 13.7 Å². The largest absolute Gasteiger partial charge is 0.340 e. The molecule has 7 heteroatoms. The maximum absolute atomic E-state index is 13.6. The summed E-state index contributed by atoms with van der Waals surface area (Å²) in [6.45, 7) is 1.67. The summed E-state index contributed by atoms with van der Waals surface area (Å²) in [6, 6.07) is 12.2. The lowest BCUT2D eigenvalue weighted by Crippen LogP contribution is -2.27. The number of halogens is 2. The van der Waals surface area contributed by atoms with Gasteiger partial charge in [0, 0.05) is 5.56 Å². The van der Waals surface area contributed by atoms with Gasteiger partial charge in [0.25, 0.3) is 5.91 Å². The van der Waals surface area contributed by atoms with Gasteiger partial charge in [-0.25, -0.2) is 4.39 Å². The molecule has 1 unspecified atom stereocenters. The van der Waals surface area contributed by atoms with E-state index >= 15 is 0 Å². The van der Waals surface area contributed by atoms with E-state index in [1.807, 2.05) is 0 Å². The molecule has 5 nitrogen and oxygen atoms in total. The number of hydrogen-bond acceptors (Lipinski definition) is 4. The smallest absolute Gasteiger partial charge is 0.254 e. The molecule has 0 spiro atoms. The summed E-state index contributed by atoms with van der Waals surface area (Å²) in [5, 5.41) is 6.99. The molecule has 0 saturated carbocycles. The Bertz CT molecular complexity index is 882. The molecule has 24 heavy (non-hydrogen) atoms. The predicted molar refractivity (Wildman–Crippen MR) is 87.0 cm³/mol. The topological polar surface area (TPSA) is 68.0 Å². The van der Waals surface area contributed by atoms with Gasteiger partial charge in [-0.1, -0.05) is 41.0 Å². The molecule has 122 valence electrons. The van der Waals surface area contributed by atoms with Gasteiger partial charge in [-0.05, 0) is 31.2 Å². The number of hydrogen-bond donors (Lipinski definition) is 1. The second-order valence-corrected chi connectivity index (χ2v) is 5.52. The minimum absolute atomic E-state index is 0.0461.